The van der Waals surface area contributed by atoms with Crippen molar-refractivity contribution < 1.29 is 17.2 Å². The number of nitrogens with one attached hydrogen (secondary N) is 1. The van der Waals surface area contributed by atoms with Crippen molar-refractivity contribution in [1.29, 1.82) is 0 Å². The average Bonchev–Trinajstić information content (AvgIpc) is 2.77. The Morgan fingerprint density at radius 2 is 1.69 bits per heavy atom. The van der Waals surface area contributed by atoms with Crippen LogP contribution in [0.15, 0.2) is 46.2 Å². The van der Waals surface area contributed by atoms with E-state index in [1.807, 2.05) is 7.05 Å². The molecule has 2 heterocycles. The Balaban J connectivity index is 1.79. The second kappa shape index (κ2) is 6.32. The first-order valence-electron chi connectivity index (χ1n) is 8.66. The van der Waals surface area contributed by atoms with E-state index in [9.17, 15) is 17.2 Å². The Morgan fingerprint density at radius 3 is 2.42 bits per heavy atom. The molecule has 1 fully saturated rings. The van der Waals surface area contributed by atoms with Crippen LogP contribution in [0.1, 0.15) is 24.3 Å². The molecule has 2 atom stereocenters. The summed E-state index contributed by atoms with van der Waals surface area (Å²) in [5.41, 5.74) is 2.03. The molecule has 2 aromatic carbocycles. The van der Waals surface area contributed by atoms with E-state index in [0.717, 1.165) is 49.3 Å². The highest BCUT2D eigenvalue weighted by molar-refractivity contribution is 7.91. The molecule has 1 unspecified atom stereocenters. The topological polar surface area (TPSA) is 49.4 Å². The van der Waals surface area contributed by atoms with Crippen molar-refractivity contribution in [2.45, 2.75) is 34.6 Å². The molecule has 0 aliphatic carbocycles. The minimum atomic E-state index is -3.98. The van der Waals surface area contributed by atoms with Gasteiger partial charge in [0.25, 0.3) is 0 Å². The largest absolute Gasteiger partial charge is 0.371 e. The van der Waals surface area contributed by atoms with Crippen molar-refractivity contribution in [2.24, 2.45) is 0 Å². The summed E-state index contributed by atoms with van der Waals surface area (Å²) in [4.78, 5) is 1.93. The van der Waals surface area contributed by atoms with Crippen LogP contribution in [0.4, 0.5) is 14.5 Å². The molecule has 0 aromatic heterocycles. The van der Waals surface area contributed by atoms with Crippen LogP contribution in [-0.4, -0.2) is 34.6 Å². The van der Waals surface area contributed by atoms with Gasteiger partial charge in [-0.05, 0) is 61.8 Å². The van der Waals surface area contributed by atoms with Crippen LogP contribution in [0.2, 0.25) is 0 Å². The average molecular weight is 378 g/mol. The molecule has 0 spiro atoms. The second-order valence-electron chi connectivity index (χ2n) is 6.94. The molecule has 1 saturated heterocycles. The Hall–Kier alpha value is -1.99. The van der Waals surface area contributed by atoms with Crippen LogP contribution in [0.25, 0.3) is 0 Å². The van der Waals surface area contributed by atoms with Crippen molar-refractivity contribution in [3.63, 3.8) is 0 Å². The minimum Gasteiger partial charge on any atom is -0.371 e. The number of anilines is 1. The monoisotopic (exact) mass is 378 g/mol. The maximum Gasteiger partial charge on any atom is 0.206 e. The quantitative estimate of drug-likeness (QED) is 0.873. The van der Waals surface area contributed by atoms with E-state index >= 15 is 0 Å². The lowest BCUT2D eigenvalue weighted by atomic mass is 9.91. The van der Waals surface area contributed by atoms with Gasteiger partial charge in [-0.1, -0.05) is 0 Å². The van der Waals surface area contributed by atoms with Gasteiger partial charge in [0.15, 0.2) is 0 Å². The lowest BCUT2D eigenvalue weighted by Crippen LogP contribution is -2.30. The molecular formula is C19H20F2N2O2S. The van der Waals surface area contributed by atoms with Crippen LogP contribution in [0.5, 0.6) is 0 Å². The zero-order valence-electron chi connectivity index (χ0n) is 14.4. The number of nitrogens with zero attached hydrogens (tertiary/aromatic N) is 1. The van der Waals surface area contributed by atoms with Crippen LogP contribution in [0, 0.1) is 11.6 Å². The number of rotatable bonds is 2. The van der Waals surface area contributed by atoms with Gasteiger partial charge in [-0.3, -0.25) is 0 Å². The van der Waals surface area contributed by atoms with Crippen LogP contribution >= 0.6 is 0 Å². The maximum atomic E-state index is 13.5. The lowest BCUT2D eigenvalue weighted by Gasteiger charge is -2.24. The molecular weight excluding hydrogens is 358 g/mol. The summed E-state index contributed by atoms with van der Waals surface area (Å²) in [6, 6.07) is 7.73. The molecule has 26 heavy (non-hydrogen) atoms. The third-order valence-electron chi connectivity index (χ3n) is 5.45. The van der Waals surface area contributed by atoms with Crippen molar-refractivity contribution in [3.8, 4) is 0 Å². The first kappa shape index (κ1) is 17.4. The van der Waals surface area contributed by atoms with E-state index in [2.05, 4.69) is 10.2 Å². The normalized spacial score (nSPS) is 22.7. The van der Waals surface area contributed by atoms with Crippen molar-refractivity contribution in [3.05, 3.63) is 53.6 Å². The van der Waals surface area contributed by atoms with E-state index in [1.165, 1.54) is 6.07 Å². The molecule has 138 valence electrons. The Morgan fingerprint density at radius 1 is 1.00 bits per heavy atom. The van der Waals surface area contributed by atoms with Gasteiger partial charge in [0.05, 0.1) is 9.79 Å². The van der Waals surface area contributed by atoms with Crippen molar-refractivity contribution in [2.75, 3.05) is 25.0 Å². The fourth-order valence-corrected chi connectivity index (χ4v) is 5.51. The van der Waals surface area contributed by atoms with E-state index < -0.39 is 21.5 Å². The van der Waals surface area contributed by atoms with Gasteiger partial charge in [-0.2, -0.15) is 0 Å². The fourth-order valence-electron chi connectivity index (χ4n) is 4.17. The highest BCUT2D eigenvalue weighted by Gasteiger charge is 2.37. The number of likely N-dealkylation sites (N-methyl/N-ethyl adjacent to an activating group) is 1. The third kappa shape index (κ3) is 2.79. The second-order valence-corrected chi connectivity index (χ2v) is 8.89. The number of benzene rings is 2. The summed E-state index contributed by atoms with van der Waals surface area (Å²) in [6.07, 6.45) is 1.92. The summed E-state index contributed by atoms with van der Waals surface area (Å²) in [5, 5.41) is 3.38. The number of halogens is 2. The molecule has 0 saturated carbocycles. The van der Waals surface area contributed by atoms with Gasteiger partial charge in [-0.15, -0.1) is 0 Å². The Kier molecular flexibility index (Phi) is 4.23. The highest BCUT2D eigenvalue weighted by Crippen LogP contribution is 2.45. The van der Waals surface area contributed by atoms with Crippen LogP contribution in [0.3, 0.4) is 0 Å². The molecule has 4 nitrogen and oxygen atoms in total. The highest BCUT2D eigenvalue weighted by atomic mass is 32.2. The standard InChI is InChI=1S/C19H20F2N2O2S/c1-23-18-3-2-14(11-17(18)16-4-6-22-7-5-19(16)23)26(24,25)15-9-12(20)8-13(21)10-15/h2-3,8-11,16,19,22H,4-7H2,1H3/t16-,19?/m0/s1. The zero-order chi connectivity index (χ0) is 18.5. The first-order valence-corrected chi connectivity index (χ1v) is 10.1. The van der Waals surface area contributed by atoms with Gasteiger partial charge in [0.2, 0.25) is 9.84 Å². The number of fused-ring (bicyclic) bond motifs is 3. The van der Waals surface area contributed by atoms with Gasteiger partial charge >= 0.3 is 0 Å². The molecule has 0 radical (unpaired) electrons. The maximum absolute atomic E-state index is 13.5. The number of sulfone groups is 1. The molecule has 2 aliphatic rings. The molecule has 0 amide bonds. The van der Waals surface area contributed by atoms with Crippen molar-refractivity contribution >= 4 is 15.5 Å². The predicted octanol–water partition coefficient (Wildman–Crippen LogP) is 3.08. The lowest BCUT2D eigenvalue weighted by molar-refractivity contribution is 0.531. The fraction of sp³-hybridized carbons (Fsp3) is 0.368. The van der Waals surface area contributed by atoms with Crippen LogP contribution < -0.4 is 10.2 Å². The zero-order valence-corrected chi connectivity index (χ0v) is 15.2. The molecule has 0 bridgehead atoms. The van der Waals surface area contributed by atoms with Gasteiger partial charge in [0.1, 0.15) is 11.6 Å². The van der Waals surface area contributed by atoms with E-state index in [-0.39, 0.29) is 15.7 Å². The van der Waals surface area contributed by atoms with Crippen LogP contribution in [-0.2, 0) is 9.84 Å². The predicted molar refractivity (Wildman–Crippen MR) is 95.3 cm³/mol. The van der Waals surface area contributed by atoms with E-state index in [4.69, 9.17) is 0 Å². The molecule has 1 N–H and O–H groups in total. The number of hydrogen-bond donors (Lipinski definition) is 1. The summed E-state index contributed by atoms with van der Waals surface area (Å²) >= 11 is 0. The molecule has 7 heteroatoms. The van der Waals surface area contributed by atoms with E-state index in [1.54, 1.807) is 12.1 Å². The van der Waals surface area contributed by atoms with Gasteiger partial charge in [0, 0.05) is 30.8 Å². The van der Waals surface area contributed by atoms with Crippen molar-refractivity contribution in [1.82, 2.24) is 5.32 Å². The SMILES string of the molecule is CN1c2ccc(S(=O)(=O)c3cc(F)cc(F)c3)cc2[C@@H]2CCNCCC21. The summed E-state index contributed by atoms with van der Waals surface area (Å²) in [6.45, 7) is 1.83. The summed E-state index contributed by atoms with van der Waals surface area (Å²) < 4.78 is 52.8. The minimum absolute atomic E-state index is 0.0764. The smallest absolute Gasteiger partial charge is 0.206 e. The third-order valence-corrected chi connectivity index (χ3v) is 7.18. The Bertz CT molecular complexity index is 942. The first-order chi connectivity index (χ1) is 12.4. The summed E-state index contributed by atoms with van der Waals surface area (Å²) in [7, 11) is -1.95. The number of hydrogen-bond acceptors (Lipinski definition) is 4. The molecule has 2 aliphatic heterocycles. The summed E-state index contributed by atoms with van der Waals surface area (Å²) in [5.74, 6) is -1.55. The van der Waals surface area contributed by atoms with Gasteiger partial charge in [-0.25, -0.2) is 17.2 Å². The van der Waals surface area contributed by atoms with E-state index in [0.29, 0.717) is 12.1 Å². The van der Waals surface area contributed by atoms with Gasteiger partial charge < -0.3 is 10.2 Å². The Labute approximate surface area is 151 Å². The molecule has 4 rings (SSSR count). The molecule has 2 aromatic rings.